The van der Waals surface area contributed by atoms with E-state index in [-0.39, 0.29) is 10.7 Å². The van der Waals surface area contributed by atoms with E-state index in [9.17, 15) is 10.1 Å². The van der Waals surface area contributed by atoms with Crippen LogP contribution in [0.1, 0.15) is 0 Å². The smallest absolute Gasteiger partial charge is 0.258 e. The molecule has 7 nitrogen and oxygen atoms in total. The molecule has 1 aliphatic rings. The molecule has 78 valence electrons. The normalized spacial score (nSPS) is 14.6. The Morgan fingerprint density at radius 2 is 2.47 bits per heavy atom. The fourth-order valence-electron chi connectivity index (χ4n) is 1.10. The third-order valence-electron chi connectivity index (χ3n) is 1.75. The van der Waals surface area contributed by atoms with Crippen molar-refractivity contribution in [1.29, 1.82) is 0 Å². The standard InChI is InChI=1S/C7H6ClN5O2/c8-6-3-5(13(14)15)4-9-7(6)12-10-1-2-11-12/h1,3-4,11H,2H2. The van der Waals surface area contributed by atoms with Gasteiger partial charge in [0, 0.05) is 12.3 Å². The van der Waals surface area contributed by atoms with Crippen LogP contribution in [0.15, 0.2) is 17.4 Å². The molecule has 0 atom stereocenters. The molecule has 0 spiro atoms. The molecule has 1 N–H and O–H groups in total. The topological polar surface area (TPSA) is 83.7 Å². The Hall–Kier alpha value is -1.73. The molecule has 15 heavy (non-hydrogen) atoms. The maximum atomic E-state index is 10.4. The summed E-state index contributed by atoms with van der Waals surface area (Å²) < 4.78 is 0. The Morgan fingerprint density at radius 3 is 3.00 bits per heavy atom. The molecule has 1 aromatic heterocycles. The van der Waals surface area contributed by atoms with E-state index in [1.807, 2.05) is 0 Å². The lowest BCUT2D eigenvalue weighted by Gasteiger charge is -2.13. The minimum Gasteiger partial charge on any atom is -0.258 e. The van der Waals surface area contributed by atoms with Gasteiger partial charge >= 0.3 is 0 Å². The Morgan fingerprint density at radius 1 is 1.67 bits per heavy atom. The molecule has 1 aliphatic heterocycles. The minimum absolute atomic E-state index is 0.146. The molecular formula is C7H6ClN5O2. The Bertz CT molecular complexity index is 435. The molecule has 0 amide bonds. The average molecular weight is 228 g/mol. The molecule has 2 heterocycles. The summed E-state index contributed by atoms with van der Waals surface area (Å²) >= 11 is 5.83. The number of hydrogen-bond acceptors (Lipinski definition) is 6. The molecule has 0 aliphatic carbocycles. The lowest BCUT2D eigenvalue weighted by atomic mass is 10.4. The van der Waals surface area contributed by atoms with Gasteiger partial charge in [0.05, 0.1) is 16.5 Å². The number of anilines is 1. The molecule has 0 saturated carbocycles. The summed E-state index contributed by atoms with van der Waals surface area (Å²) in [7, 11) is 0. The molecule has 1 aromatic rings. The third-order valence-corrected chi connectivity index (χ3v) is 2.03. The molecule has 8 heteroatoms. The molecular weight excluding hydrogens is 222 g/mol. The predicted octanol–water partition coefficient (Wildman–Crippen LogP) is 0.954. The first-order valence-electron chi connectivity index (χ1n) is 4.04. The number of hydrazine groups is 1. The number of pyridine rings is 1. The van der Waals surface area contributed by atoms with Crippen LogP contribution in [-0.4, -0.2) is 22.7 Å². The molecule has 0 fully saturated rings. The Labute approximate surface area is 89.5 Å². The first-order valence-corrected chi connectivity index (χ1v) is 4.42. The largest absolute Gasteiger partial charge is 0.289 e. The van der Waals surface area contributed by atoms with Gasteiger partial charge < -0.3 is 0 Å². The van der Waals surface area contributed by atoms with Crippen LogP contribution in [0.2, 0.25) is 5.02 Å². The van der Waals surface area contributed by atoms with Crippen molar-refractivity contribution < 1.29 is 4.92 Å². The van der Waals surface area contributed by atoms with Gasteiger partial charge in [-0.05, 0) is 0 Å². The van der Waals surface area contributed by atoms with Crippen molar-refractivity contribution in [2.24, 2.45) is 5.10 Å². The highest BCUT2D eigenvalue weighted by Crippen LogP contribution is 2.26. The minimum atomic E-state index is -0.552. The number of nitrogens with one attached hydrogen (secondary N) is 1. The van der Waals surface area contributed by atoms with Crippen molar-refractivity contribution >= 4 is 29.3 Å². The highest BCUT2D eigenvalue weighted by atomic mass is 35.5. The summed E-state index contributed by atoms with van der Waals surface area (Å²) in [5.41, 5.74) is 2.71. The number of rotatable bonds is 2. The van der Waals surface area contributed by atoms with E-state index in [0.717, 1.165) is 6.20 Å². The van der Waals surface area contributed by atoms with E-state index in [1.165, 1.54) is 11.2 Å². The van der Waals surface area contributed by atoms with Gasteiger partial charge in [0.15, 0.2) is 5.82 Å². The number of aromatic nitrogens is 1. The van der Waals surface area contributed by atoms with Crippen molar-refractivity contribution in [3.8, 4) is 0 Å². The summed E-state index contributed by atoms with van der Waals surface area (Å²) in [6, 6.07) is 1.24. The number of halogens is 1. The molecule has 0 bridgehead atoms. The van der Waals surface area contributed by atoms with Crippen LogP contribution in [0.3, 0.4) is 0 Å². The lowest BCUT2D eigenvalue weighted by Crippen LogP contribution is -2.29. The predicted molar refractivity (Wildman–Crippen MR) is 54.9 cm³/mol. The van der Waals surface area contributed by atoms with Gasteiger partial charge in [-0.15, -0.1) is 0 Å². The van der Waals surface area contributed by atoms with Gasteiger partial charge in [0.2, 0.25) is 0 Å². The highest BCUT2D eigenvalue weighted by Gasteiger charge is 2.17. The second kappa shape index (κ2) is 3.79. The van der Waals surface area contributed by atoms with E-state index in [2.05, 4.69) is 15.5 Å². The zero-order valence-electron chi connectivity index (χ0n) is 7.42. The van der Waals surface area contributed by atoms with Gasteiger partial charge in [-0.25, -0.2) is 10.4 Å². The van der Waals surface area contributed by atoms with Crippen molar-refractivity contribution in [2.45, 2.75) is 0 Å². The van der Waals surface area contributed by atoms with E-state index in [4.69, 9.17) is 11.6 Å². The molecule has 0 unspecified atom stereocenters. The van der Waals surface area contributed by atoms with Crippen LogP contribution in [0.25, 0.3) is 0 Å². The van der Waals surface area contributed by atoms with E-state index in [0.29, 0.717) is 12.4 Å². The van der Waals surface area contributed by atoms with Crippen molar-refractivity contribution in [3.63, 3.8) is 0 Å². The van der Waals surface area contributed by atoms with Crippen LogP contribution in [0, 0.1) is 10.1 Å². The van der Waals surface area contributed by atoms with Crippen molar-refractivity contribution in [3.05, 3.63) is 27.4 Å². The summed E-state index contributed by atoms with van der Waals surface area (Å²) in [6.45, 7) is 0.578. The van der Waals surface area contributed by atoms with Crippen LogP contribution in [0.4, 0.5) is 11.5 Å². The maximum Gasteiger partial charge on any atom is 0.289 e. The van der Waals surface area contributed by atoms with E-state index >= 15 is 0 Å². The number of hydrazone groups is 1. The first-order chi connectivity index (χ1) is 7.18. The van der Waals surface area contributed by atoms with Crippen molar-refractivity contribution in [2.75, 3.05) is 11.7 Å². The fourth-order valence-corrected chi connectivity index (χ4v) is 1.34. The quantitative estimate of drug-likeness (QED) is 0.601. The monoisotopic (exact) mass is 227 g/mol. The highest BCUT2D eigenvalue weighted by molar-refractivity contribution is 6.33. The molecule has 0 radical (unpaired) electrons. The van der Waals surface area contributed by atoms with Crippen LogP contribution >= 0.6 is 11.6 Å². The van der Waals surface area contributed by atoms with Gasteiger partial charge in [0.25, 0.3) is 5.69 Å². The van der Waals surface area contributed by atoms with E-state index in [1.54, 1.807) is 6.21 Å². The fraction of sp³-hybridized carbons (Fsp3) is 0.143. The second-order valence-corrected chi connectivity index (χ2v) is 3.14. The van der Waals surface area contributed by atoms with Gasteiger partial charge in [-0.1, -0.05) is 11.6 Å². The summed E-state index contributed by atoms with van der Waals surface area (Å²) in [5, 5.41) is 15.9. The first kappa shape index (κ1) is 9.81. The van der Waals surface area contributed by atoms with E-state index < -0.39 is 4.92 Å². The molecule has 2 rings (SSSR count). The van der Waals surface area contributed by atoms with Crippen molar-refractivity contribution in [1.82, 2.24) is 10.4 Å². The van der Waals surface area contributed by atoms with Gasteiger partial charge in [-0.2, -0.15) is 10.2 Å². The zero-order chi connectivity index (χ0) is 10.8. The summed E-state index contributed by atoms with van der Waals surface area (Å²) in [6.07, 6.45) is 2.77. The number of nitrogens with zero attached hydrogens (tertiary/aromatic N) is 4. The SMILES string of the molecule is O=[N+]([O-])c1cnc(N2N=CCN2)c(Cl)c1. The van der Waals surface area contributed by atoms with Gasteiger partial charge in [-0.3, -0.25) is 10.1 Å². The Balaban J connectivity index is 2.34. The third kappa shape index (κ3) is 1.88. The molecule has 0 saturated heterocycles. The molecule has 0 aromatic carbocycles. The van der Waals surface area contributed by atoms with Crippen LogP contribution in [0.5, 0.6) is 0 Å². The summed E-state index contributed by atoms with van der Waals surface area (Å²) in [4.78, 5) is 13.7. The van der Waals surface area contributed by atoms with Crippen LogP contribution in [-0.2, 0) is 0 Å². The Kier molecular flexibility index (Phi) is 2.48. The maximum absolute atomic E-state index is 10.4. The summed E-state index contributed by atoms with van der Waals surface area (Å²) in [5.74, 6) is 0.344. The average Bonchev–Trinajstić information content (AvgIpc) is 2.70. The number of hydrogen-bond donors (Lipinski definition) is 1. The second-order valence-electron chi connectivity index (χ2n) is 2.73. The van der Waals surface area contributed by atoms with Gasteiger partial charge in [0.1, 0.15) is 6.20 Å². The number of nitro groups is 1. The zero-order valence-corrected chi connectivity index (χ0v) is 8.18. The van der Waals surface area contributed by atoms with Crippen LogP contribution < -0.4 is 10.5 Å². The lowest BCUT2D eigenvalue weighted by molar-refractivity contribution is -0.385.